The van der Waals surface area contributed by atoms with E-state index >= 15 is 0 Å². The van der Waals surface area contributed by atoms with Gasteiger partial charge in [-0.3, -0.25) is 14.4 Å². The first kappa shape index (κ1) is 21.4. The highest BCUT2D eigenvalue weighted by molar-refractivity contribution is 8.01. The number of benzene rings is 2. The predicted molar refractivity (Wildman–Crippen MR) is 125 cm³/mol. The van der Waals surface area contributed by atoms with Gasteiger partial charge in [0.25, 0.3) is 0 Å². The van der Waals surface area contributed by atoms with E-state index < -0.39 is 5.25 Å². The fraction of sp³-hybridized carbons (Fsp3) is 0.143. The lowest BCUT2D eigenvalue weighted by Gasteiger charge is -2.23. The first-order valence-corrected chi connectivity index (χ1v) is 11.4. The molecule has 1 unspecified atom stereocenters. The van der Waals surface area contributed by atoms with Gasteiger partial charge in [0.1, 0.15) is 0 Å². The number of nitrogens with one attached hydrogen (secondary N) is 3. The van der Waals surface area contributed by atoms with Gasteiger partial charge in [0.2, 0.25) is 17.7 Å². The van der Waals surface area contributed by atoms with Crippen molar-refractivity contribution in [1.29, 1.82) is 0 Å². The second-order valence-electron chi connectivity index (χ2n) is 6.78. The first-order chi connectivity index (χ1) is 14.9. The Kier molecular flexibility index (Phi) is 6.26. The SMILES string of the molecule is CC(=O)Nc1ccc(-c2csc(NC(=O)CC3Sc4ccc(Cl)cc4NC3=O)n2)cc1. The van der Waals surface area contributed by atoms with Gasteiger partial charge in [-0.25, -0.2) is 4.98 Å². The molecule has 0 spiro atoms. The Morgan fingerprint density at radius 2 is 1.94 bits per heavy atom. The summed E-state index contributed by atoms with van der Waals surface area (Å²) in [6.07, 6.45) is 0.0267. The molecule has 4 rings (SSSR count). The van der Waals surface area contributed by atoms with Crippen molar-refractivity contribution in [3.05, 3.63) is 52.9 Å². The molecule has 7 nitrogen and oxygen atoms in total. The number of hydrogen-bond donors (Lipinski definition) is 3. The molecule has 0 saturated carbocycles. The van der Waals surface area contributed by atoms with Gasteiger partial charge in [0, 0.05) is 39.9 Å². The Morgan fingerprint density at radius 1 is 1.16 bits per heavy atom. The van der Waals surface area contributed by atoms with E-state index in [0.29, 0.717) is 27.2 Å². The van der Waals surface area contributed by atoms with Crippen molar-refractivity contribution in [2.45, 2.75) is 23.5 Å². The number of halogens is 1. The van der Waals surface area contributed by atoms with Gasteiger partial charge in [-0.1, -0.05) is 23.7 Å². The van der Waals surface area contributed by atoms with E-state index in [0.717, 1.165) is 10.5 Å². The zero-order valence-electron chi connectivity index (χ0n) is 16.3. The van der Waals surface area contributed by atoms with Crippen LogP contribution in [0.2, 0.25) is 5.02 Å². The monoisotopic (exact) mass is 472 g/mol. The number of fused-ring (bicyclic) bond motifs is 1. The second-order valence-corrected chi connectivity index (χ2v) is 9.32. The minimum Gasteiger partial charge on any atom is -0.326 e. The lowest BCUT2D eigenvalue weighted by Crippen LogP contribution is -2.32. The van der Waals surface area contributed by atoms with E-state index in [-0.39, 0.29) is 24.1 Å². The zero-order valence-corrected chi connectivity index (χ0v) is 18.7. The normalized spacial score (nSPS) is 15.0. The number of anilines is 3. The van der Waals surface area contributed by atoms with Crippen LogP contribution in [0.15, 0.2) is 52.7 Å². The summed E-state index contributed by atoms with van der Waals surface area (Å²) in [6.45, 7) is 1.45. The number of hydrogen-bond acceptors (Lipinski definition) is 6. The fourth-order valence-electron chi connectivity index (χ4n) is 2.99. The van der Waals surface area contributed by atoms with Gasteiger partial charge in [-0.05, 0) is 30.3 Å². The molecule has 158 valence electrons. The van der Waals surface area contributed by atoms with E-state index in [4.69, 9.17) is 11.6 Å². The first-order valence-electron chi connectivity index (χ1n) is 9.28. The molecule has 10 heteroatoms. The van der Waals surface area contributed by atoms with Crippen molar-refractivity contribution in [2.75, 3.05) is 16.0 Å². The molecule has 3 amide bonds. The van der Waals surface area contributed by atoms with E-state index in [9.17, 15) is 14.4 Å². The van der Waals surface area contributed by atoms with Crippen molar-refractivity contribution >= 4 is 68.9 Å². The van der Waals surface area contributed by atoms with Crippen LogP contribution in [0.3, 0.4) is 0 Å². The van der Waals surface area contributed by atoms with Crippen molar-refractivity contribution < 1.29 is 14.4 Å². The molecule has 0 radical (unpaired) electrons. The minimum atomic E-state index is -0.533. The van der Waals surface area contributed by atoms with Crippen LogP contribution in [-0.4, -0.2) is 28.0 Å². The van der Waals surface area contributed by atoms with Crippen LogP contribution < -0.4 is 16.0 Å². The van der Waals surface area contributed by atoms with Crippen molar-refractivity contribution in [3.8, 4) is 11.3 Å². The van der Waals surface area contributed by atoms with Crippen LogP contribution in [0.4, 0.5) is 16.5 Å². The van der Waals surface area contributed by atoms with Crippen LogP contribution in [0.1, 0.15) is 13.3 Å². The largest absolute Gasteiger partial charge is 0.326 e. The number of carbonyl (C=O) groups excluding carboxylic acids is 3. The Hall–Kier alpha value is -2.88. The quantitative estimate of drug-likeness (QED) is 0.492. The summed E-state index contributed by atoms with van der Waals surface area (Å²) in [5.41, 5.74) is 2.94. The summed E-state index contributed by atoms with van der Waals surface area (Å²) in [7, 11) is 0. The third-order valence-corrected chi connectivity index (χ3v) is 6.65. The predicted octanol–water partition coefficient (Wildman–Crippen LogP) is 4.86. The Morgan fingerprint density at radius 3 is 2.68 bits per heavy atom. The molecule has 1 atom stereocenters. The average Bonchev–Trinajstić information content (AvgIpc) is 3.17. The number of thiazole rings is 1. The van der Waals surface area contributed by atoms with Crippen LogP contribution in [0.5, 0.6) is 0 Å². The van der Waals surface area contributed by atoms with Gasteiger partial charge in [0.15, 0.2) is 5.13 Å². The third kappa shape index (κ3) is 5.25. The summed E-state index contributed by atoms with van der Waals surface area (Å²) in [5.74, 6) is -0.649. The summed E-state index contributed by atoms with van der Waals surface area (Å²) >= 11 is 8.61. The molecular formula is C21H17ClN4O3S2. The number of nitrogens with zero attached hydrogens (tertiary/aromatic N) is 1. The van der Waals surface area contributed by atoms with Crippen LogP contribution >= 0.6 is 34.7 Å². The Balaban J connectivity index is 1.37. The number of thioether (sulfide) groups is 1. The lowest BCUT2D eigenvalue weighted by atomic mass is 10.1. The number of carbonyl (C=O) groups is 3. The van der Waals surface area contributed by atoms with Gasteiger partial charge < -0.3 is 16.0 Å². The fourth-order valence-corrected chi connectivity index (χ4v) is 4.99. The van der Waals surface area contributed by atoms with Crippen molar-refractivity contribution in [3.63, 3.8) is 0 Å². The summed E-state index contributed by atoms with van der Waals surface area (Å²) in [4.78, 5) is 41.3. The molecule has 0 saturated heterocycles. The zero-order chi connectivity index (χ0) is 22.0. The highest BCUT2D eigenvalue weighted by atomic mass is 35.5. The van der Waals surface area contributed by atoms with E-state index in [2.05, 4.69) is 20.9 Å². The lowest BCUT2D eigenvalue weighted by molar-refractivity contribution is -0.120. The third-order valence-electron chi connectivity index (χ3n) is 4.38. The maximum Gasteiger partial charge on any atom is 0.238 e. The van der Waals surface area contributed by atoms with Gasteiger partial charge in [0.05, 0.1) is 16.6 Å². The summed E-state index contributed by atoms with van der Waals surface area (Å²) in [5, 5.41) is 10.6. The van der Waals surface area contributed by atoms with E-state index in [1.165, 1.54) is 30.0 Å². The molecule has 1 aromatic heterocycles. The highest BCUT2D eigenvalue weighted by Gasteiger charge is 2.29. The molecule has 1 aliphatic heterocycles. The van der Waals surface area contributed by atoms with Crippen molar-refractivity contribution in [1.82, 2.24) is 4.98 Å². The minimum absolute atomic E-state index is 0.0267. The molecule has 1 aliphatic rings. The topological polar surface area (TPSA) is 100 Å². The van der Waals surface area contributed by atoms with Gasteiger partial charge in [-0.2, -0.15) is 0 Å². The van der Waals surface area contributed by atoms with Crippen LogP contribution in [0.25, 0.3) is 11.3 Å². The highest BCUT2D eigenvalue weighted by Crippen LogP contribution is 2.38. The smallest absolute Gasteiger partial charge is 0.238 e. The maximum absolute atomic E-state index is 12.5. The molecule has 0 aliphatic carbocycles. The van der Waals surface area contributed by atoms with Gasteiger partial charge >= 0.3 is 0 Å². The second kappa shape index (κ2) is 9.09. The van der Waals surface area contributed by atoms with Crippen LogP contribution in [-0.2, 0) is 14.4 Å². The van der Waals surface area contributed by atoms with E-state index in [1.807, 2.05) is 23.6 Å². The average molecular weight is 473 g/mol. The molecular weight excluding hydrogens is 456 g/mol. The van der Waals surface area contributed by atoms with Crippen molar-refractivity contribution in [2.24, 2.45) is 0 Å². The molecule has 31 heavy (non-hydrogen) atoms. The Labute approximate surface area is 191 Å². The summed E-state index contributed by atoms with van der Waals surface area (Å²) in [6, 6.07) is 12.5. The standard InChI is InChI=1S/C21H17ClN4O3S2/c1-11(27)23-14-5-2-12(3-6-14)16-10-30-21(25-16)26-19(28)9-18-20(29)24-15-8-13(22)4-7-17(15)31-18/h2-8,10,18H,9H2,1H3,(H,23,27)(H,24,29)(H,25,26,28). The molecule has 3 N–H and O–H groups in total. The number of amides is 3. The summed E-state index contributed by atoms with van der Waals surface area (Å²) < 4.78 is 0. The molecule has 3 aromatic rings. The molecule has 0 fully saturated rings. The van der Waals surface area contributed by atoms with Crippen LogP contribution in [0, 0.1) is 0 Å². The number of rotatable bonds is 5. The Bertz CT molecular complexity index is 1160. The number of aromatic nitrogens is 1. The maximum atomic E-state index is 12.5. The molecule has 0 bridgehead atoms. The molecule has 2 aromatic carbocycles. The van der Waals surface area contributed by atoms with E-state index in [1.54, 1.807) is 24.3 Å². The molecule has 2 heterocycles. The van der Waals surface area contributed by atoms with Gasteiger partial charge in [-0.15, -0.1) is 23.1 Å².